The monoisotopic (exact) mass is 478 g/mol. The van der Waals surface area contributed by atoms with E-state index in [4.69, 9.17) is 23.7 Å². The van der Waals surface area contributed by atoms with Gasteiger partial charge in [0.15, 0.2) is 6.10 Å². The Kier molecular flexibility index (Phi) is 5.25. The average molecular weight is 479 g/mol. The molecule has 0 aromatic carbocycles. The Balaban J connectivity index is 1.67. The zero-order valence-corrected chi connectivity index (χ0v) is 21.2. The van der Waals surface area contributed by atoms with Crippen LogP contribution in [-0.4, -0.2) is 60.1 Å². The Morgan fingerprint density at radius 1 is 1.03 bits per heavy atom. The number of epoxide rings is 1. The summed E-state index contributed by atoms with van der Waals surface area (Å²) in [5.74, 6) is -1.30. The van der Waals surface area contributed by atoms with Crippen LogP contribution in [-0.2, 0) is 38.1 Å². The van der Waals surface area contributed by atoms with Crippen molar-refractivity contribution in [1.29, 1.82) is 0 Å². The zero-order chi connectivity index (χ0) is 24.7. The van der Waals surface area contributed by atoms with Crippen molar-refractivity contribution < 1.29 is 38.1 Å². The number of carbonyl (C=O) groups excluding carboxylic acids is 3. The fourth-order valence-electron chi connectivity index (χ4n) is 7.92. The van der Waals surface area contributed by atoms with Gasteiger partial charge in [-0.2, -0.15) is 0 Å². The lowest BCUT2D eigenvalue weighted by atomic mass is 9.40. The van der Waals surface area contributed by atoms with Gasteiger partial charge in [0.2, 0.25) is 0 Å². The Morgan fingerprint density at radius 2 is 1.74 bits per heavy atom. The Hall–Kier alpha value is -1.67. The van der Waals surface area contributed by atoms with Gasteiger partial charge in [-0.25, -0.2) is 0 Å². The topological polar surface area (TPSA) is 101 Å². The minimum absolute atomic E-state index is 0.120. The van der Waals surface area contributed by atoms with Crippen molar-refractivity contribution in [3.63, 3.8) is 0 Å². The summed E-state index contributed by atoms with van der Waals surface area (Å²) in [5.41, 5.74) is -3.07. The van der Waals surface area contributed by atoms with Gasteiger partial charge >= 0.3 is 17.9 Å². The van der Waals surface area contributed by atoms with E-state index in [0.717, 1.165) is 25.7 Å². The molecular formula is C26H38O8. The molecule has 8 heteroatoms. The van der Waals surface area contributed by atoms with Crippen molar-refractivity contribution in [2.75, 3.05) is 13.2 Å². The summed E-state index contributed by atoms with van der Waals surface area (Å²) in [6.45, 7) is 12.1. The van der Waals surface area contributed by atoms with E-state index >= 15 is 0 Å². The maximum absolute atomic E-state index is 13.0. The predicted molar refractivity (Wildman–Crippen MR) is 120 cm³/mol. The third-order valence-electron chi connectivity index (χ3n) is 10.1. The van der Waals surface area contributed by atoms with E-state index in [1.807, 2.05) is 6.92 Å². The van der Waals surface area contributed by atoms with Crippen LogP contribution in [0.5, 0.6) is 0 Å². The van der Waals surface area contributed by atoms with Crippen molar-refractivity contribution in [2.45, 2.75) is 109 Å². The number of hydrogen-bond acceptors (Lipinski definition) is 8. The molecule has 8 nitrogen and oxygen atoms in total. The quantitative estimate of drug-likeness (QED) is 0.346. The maximum atomic E-state index is 13.0. The van der Waals surface area contributed by atoms with Crippen LogP contribution in [0.3, 0.4) is 0 Å². The third kappa shape index (κ3) is 3.06. The van der Waals surface area contributed by atoms with Gasteiger partial charge in [0.1, 0.15) is 29.5 Å². The number of cyclic esters (lactones) is 1. The maximum Gasteiger partial charge on any atom is 0.308 e. The lowest BCUT2D eigenvalue weighted by Gasteiger charge is -2.70. The highest BCUT2D eigenvalue weighted by atomic mass is 16.6. The summed E-state index contributed by atoms with van der Waals surface area (Å²) in [6.07, 6.45) is 2.94. The smallest absolute Gasteiger partial charge is 0.308 e. The fraction of sp³-hybridized carbons (Fsp3) is 0.885. The summed E-state index contributed by atoms with van der Waals surface area (Å²) in [7, 11) is 0. The number of esters is 3. The molecule has 0 radical (unpaired) electrons. The van der Waals surface area contributed by atoms with Gasteiger partial charge in [-0.1, -0.05) is 34.1 Å². The highest BCUT2D eigenvalue weighted by molar-refractivity contribution is 5.73. The van der Waals surface area contributed by atoms with Gasteiger partial charge in [0.25, 0.3) is 0 Å². The largest absolute Gasteiger partial charge is 0.463 e. The van der Waals surface area contributed by atoms with Crippen molar-refractivity contribution in [3.8, 4) is 0 Å². The van der Waals surface area contributed by atoms with Gasteiger partial charge < -0.3 is 23.7 Å². The summed E-state index contributed by atoms with van der Waals surface area (Å²) in [4.78, 5) is 37.6. The highest BCUT2D eigenvalue weighted by Gasteiger charge is 2.80. The van der Waals surface area contributed by atoms with Gasteiger partial charge in [0, 0.05) is 17.8 Å². The SMILES string of the molecule is CC(=O)O[C@H]1[C@H](OC(=O)C(C)C)[C@]2(C)O[C@@]3(CC[C@]2(C)[C@H]2CCC[C@]4(CO4)[C@]12C)COC(=O)C3. The van der Waals surface area contributed by atoms with Gasteiger partial charge in [-0.15, -0.1) is 0 Å². The molecule has 0 unspecified atom stereocenters. The summed E-state index contributed by atoms with van der Waals surface area (Å²) < 4.78 is 30.8. The van der Waals surface area contributed by atoms with Crippen LogP contribution in [0.2, 0.25) is 0 Å². The normalized spacial score (nSPS) is 49.4. The van der Waals surface area contributed by atoms with Gasteiger partial charge in [0.05, 0.1) is 18.9 Å². The van der Waals surface area contributed by atoms with E-state index in [-0.39, 0.29) is 36.8 Å². The first-order chi connectivity index (χ1) is 15.8. The molecule has 3 aliphatic heterocycles. The van der Waals surface area contributed by atoms with E-state index in [1.165, 1.54) is 6.92 Å². The Labute approximate surface area is 201 Å². The predicted octanol–water partition coefficient (Wildman–Crippen LogP) is 3.34. The van der Waals surface area contributed by atoms with Crippen LogP contribution in [0.25, 0.3) is 0 Å². The van der Waals surface area contributed by atoms with Crippen molar-refractivity contribution in [2.24, 2.45) is 22.7 Å². The molecule has 3 saturated heterocycles. The lowest BCUT2D eigenvalue weighted by Crippen LogP contribution is -2.79. The molecule has 34 heavy (non-hydrogen) atoms. The molecule has 5 rings (SSSR count). The second-order valence-corrected chi connectivity index (χ2v) is 12.2. The molecule has 0 bridgehead atoms. The minimum atomic E-state index is -0.985. The van der Waals surface area contributed by atoms with E-state index in [0.29, 0.717) is 13.0 Å². The third-order valence-corrected chi connectivity index (χ3v) is 10.1. The lowest BCUT2D eigenvalue weighted by molar-refractivity contribution is -0.355. The standard InChI is InChI=1S/C26H38O8/c1-15(2)21(29)33-20-19(32-16(3)27)23(5)17(8-7-9-26(23)14-31-26)22(4)10-11-25(34-24(20,22)6)12-18(28)30-13-25/h15,17,19-20H,7-14H2,1-6H3/t17-,19+,20+,22-,23+,24+,25-,26+/m1/s1. The van der Waals surface area contributed by atoms with E-state index in [2.05, 4.69) is 13.8 Å². The first-order valence-electron chi connectivity index (χ1n) is 12.7. The highest BCUT2D eigenvalue weighted by Crippen LogP contribution is 2.72. The number of ether oxygens (including phenoxy) is 5. The van der Waals surface area contributed by atoms with Gasteiger partial charge in [-0.05, 0) is 38.5 Å². The van der Waals surface area contributed by atoms with E-state index < -0.39 is 45.8 Å². The zero-order valence-electron chi connectivity index (χ0n) is 21.2. The molecule has 0 aromatic heterocycles. The Morgan fingerprint density at radius 3 is 2.29 bits per heavy atom. The number of carbonyl (C=O) groups is 3. The second-order valence-electron chi connectivity index (χ2n) is 12.2. The van der Waals surface area contributed by atoms with Crippen molar-refractivity contribution in [1.82, 2.24) is 0 Å². The molecule has 190 valence electrons. The van der Waals surface area contributed by atoms with Crippen LogP contribution in [0.15, 0.2) is 0 Å². The van der Waals surface area contributed by atoms with E-state index in [1.54, 1.807) is 13.8 Å². The molecule has 3 heterocycles. The molecule has 0 N–H and O–H groups in total. The average Bonchev–Trinajstić information content (AvgIpc) is 3.45. The number of rotatable bonds is 3. The van der Waals surface area contributed by atoms with Crippen molar-refractivity contribution >= 4 is 17.9 Å². The molecule has 0 amide bonds. The Bertz CT molecular complexity index is 910. The fourth-order valence-corrected chi connectivity index (χ4v) is 7.92. The second kappa shape index (κ2) is 7.42. The van der Waals surface area contributed by atoms with Crippen LogP contribution in [0, 0.1) is 22.7 Å². The van der Waals surface area contributed by atoms with E-state index in [9.17, 15) is 14.4 Å². The summed E-state index contributed by atoms with van der Waals surface area (Å²) in [5, 5.41) is 0. The molecular weight excluding hydrogens is 440 g/mol. The van der Waals surface area contributed by atoms with Crippen molar-refractivity contribution in [3.05, 3.63) is 0 Å². The van der Waals surface area contributed by atoms with Crippen LogP contribution in [0.1, 0.15) is 80.1 Å². The first-order valence-corrected chi connectivity index (χ1v) is 12.7. The molecule has 2 aliphatic carbocycles. The van der Waals surface area contributed by atoms with Crippen LogP contribution < -0.4 is 0 Å². The molecule has 5 fully saturated rings. The number of fused-ring (bicyclic) bond motifs is 4. The van der Waals surface area contributed by atoms with Crippen LogP contribution >= 0.6 is 0 Å². The number of hydrogen-bond donors (Lipinski definition) is 0. The molecule has 0 aromatic rings. The molecule has 2 spiro atoms. The molecule has 2 saturated carbocycles. The minimum Gasteiger partial charge on any atom is -0.463 e. The van der Waals surface area contributed by atoms with Crippen LogP contribution in [0.4, 0.5) is 0 Å². The molecule has 5 aliphatic rings. The first kappa shape index (κ1) is 24.0. The summed E-state index contributed by atoms with van der Waals surface area (Å²) in [6, 6.07) is 0. The molecule has 8 atom stereocenters. The van der Waals surface area contributed by atoms with Gasteiger partial charge in [-0.3, -0.25) is 14.4 Å². The summed E-state index contributed by atoms with van der Waals surface area (Å²) >= 11 is 0.